The molecule has 2 amide bonds. The van der Waals surface area contributed by atoms with Crippen LogP contribution in [0.3, 0.4) is 0 Å². The fraction of sp³-hybridized carbons (Fsp3) is 0.867. The Morgan fingerprint density at radius 3 is 2.57 bits per heavy atom. The molecule has 2 atom stereocenters. The number of likely N-dealkylation sites (tertiary alicyclic amines) is 1. The Balaban J connectivity index is 1.77. The Morgan fingerprint density at radius 2 is 2.00 bits per heavy atom. The molecule has 1 aliphatic carbocycles. The molecule has 120 valence electrons. The highest BCUT2D eigenvalue weighted by Crippen LogP contribution is 2.32. The average molecular weight is 314 g/mol. The predicted octanol–water partition coefficient (Wildman–Crippen LogP) is 2.56. The fourth-order valence-electron chi connectivity index (χ4n) is 3.14. The van der Waals surface area contributed by atoms with Gasteiger partial charge >= 0.3 is 12.0 Å². The molecule has 0 aromatic carbocycles. The van der Waals surface area contributed by atoms with Gasteiger partial charge in [-0.15, -0.1) is 0 Å². The number of carbonyl (C=O) groups excluding carboxylic acids is 1. The van der Waals surface area contributed by atoms with E-state index >= 15 is 0 Å². The number of aliphatic carboxylic acids is 1. The van der Waals surface area contributed by atoms with Crippen LogP contribution >= 0.6 is 11.8 Å². The number of nitrogens with zero attached hydrogens (tertiary/aromatic N) is 1. The first kappa shape index (κ1) is 16.5. The normalized spacial score (nSPS) is 28.4. The van der Waals surface area contributed by atoms with E-state index in [9.17, 15) is 14.7 Å². The molecule has 2 unspecified atom stereocenters. The third kappa shape index (κ3) is 4.05. The number of thioether (sulfide) groups is 1. The minimum Gasteiger partial charge on any atom is -0.481 e. The standard InChI is InChI=1S/C15H26N2O3S/c1-3-21-12-5-4-11(10-12)16-14(20)17-8-6-15(2,7-9-17)13(18)19/h11-12H,3-10H2,1-2H3,(H,16,20)(H,18,19). The predicted molar refractivity (Wildman–Crippen MR) is 84.6 cm³/mol. The maximum atomic E-state index is 12.3. The summed E-state index contributed by atoms with van der Waals surface area (Å²) < 4.78 is 0. The summed E-state index contributed by atoms with van der Waals surface area (Å²) in [7, 11) is 0. The molecular weight excluding hydrogens is 288 g/mol. The topological polar surface area (TPSA) is 69.6 Å². The lowest BCUT2D eigenvalue weighted by Crippen LogP contribution is -2.50. The Hall–Kier alpha value is -0.910. The highest BCUT2D eigenvalue weighted by molar-refractivity contribution is 7.99. The molecule has 2 N–H and O–H groups in total. The molecule has 6 heteroatoms. The second kappa shape index (κ2) is 6.90. The molecule has 1 saturated heterocycles. The third-order valence-corrected chi connectivity index (χ3v) is 6.02. The van der Waals surface area contributed by atoms with Crippen LogP contribution in [0.15, 0.2) is 0 Å². The van der Waals surface area contributed by atoms with Gasteiger partial charge in [-0.1, -0.05) is 6.92 Å². The Labute approximate surface area is 130 Å². The SMILES string of the molecule is CCSC1CCC(NC(=O)N2CCC(C)(C(=O)O)CC2)C1. The van der Waals surface area contributed by atoms with E-state index < -0.39 is 11.4 Å². The first-order valence-electron chi connectivity index (χ1n) is 7.85. The monoisotopic (exact) mass is 314 g/mol. The van der Waals surface area contributed by atoms with Crippen molar-refractivity contribution in [3.05, 3.63) is 0 Å². The van der Waals surface area contributed by atoms with Gasteiger partial charge in [0.15, 0.2) is 0 Å². The minimum absolute atomic E-state index is 0.0189. The first-order chi connectivity index (χ1) is 9.94. The van der Waals surface area contributed by atoms with Crippen molar-refractivity contribution in [2.45, 2.75) is 57.2 Å². The van der Waals surface area contributed by atoms with Gasteiger partial charge in [-0.3, -0.25) is 4.79 Å². The summed E-state index contributed by atoms with van der Waals surface area (Å²) in [4.78, 5) is 25.2. The molecule has 0 spiro atoms. The van der Waals surface area contributed by atoms with Gasteiger partial charge in [0.1, 0.15) is 0 Å². The highest BCUT2D eigenvalue weighted by atomic mass is 32.2. The van der Waals surface area contributed by atoms with Crippen molar-refractivity contribution < 1.29 is 14.7 Å². The first-order valence-corrected chi connectivity index (χ1v) is 8.90. The molecule has 0 aromatic heterocycles. The van der Waals surface area contributed by atoms with Crippen molar-refractivity contribution in [2.75, 3.05) is 18.8 Å². The number of carbonyl (C=O) groups is 2. The lowest BCUT2D eigenvalue weighted by Gasteiger charge is -2.36. The van der Waals surface area contributed by atoms with E-state index in [0.717, 1.165) is 18.6 Å². The number of piperidine rings is 1. The number of hydrogen-bond donors (Lipinski definition) is 2. The molecule has 0 radical (unpaired) electrons. The molecule has 0 bridgehead atoms. The van der Waals surface area contributed by atoms with E-state index in [-0.39, 0.29) is 12.1 Å². The van der Waals surface area contributed by atoms with Crippen LogP contribution in [-0.2, 0) is 4.79 Å². The summed E-state index contributed by atoms with van der Waals surface area (Å²) in [5, 5.41) is 13.0. The Morgan fingerprint density at radius 1 is 1.33 bits per heavy atom. The summed E-state index contributed by atoms with van der Waals surface area (Å²) in [6.07, 6.45) is 4.37. The van der Waals surface area contributed by atoms with Gasteiger partial charge in [-0.2, -0.15) is 11.8 Å². The van der Waals surface area contributed by atoms with Crippen LogP contribution in [0.4, 0.5) is 4.79 Å². The van der Waals surface area contributed by atoms with E-state index in [0.29, 0.717) is 31.2 Å². The largest absolute Gasteiger partial charge is 0.481 e. The van der Waals surface area contributed by atoms with Crippen LogP contribution in [0.5, 0.6) is 0 Å². The number of nitrogens with one attached hydrogen (secondary N) is 1. The van der Waals surface area contributed by atoms with Gasteiger partial charge in [0.2, 0.25) is 0 Å². The molecule has 21 heavy (non-hydrogen) atoms. The molecular formula is C15H26N2O3S. The molecule has 1 aliphatic heterocycles. The summed E-state index contributed by atoms with van der Waals surface area (Å²) >= 11 is 1.98. The Bertz CT molecular complexity index is 394. The van der Waals surface area contributed by atoms with E-state index in [1.54, 1.807) is 11.8 Å². The van der Waals surface area contributed by atoms with Gasteiger partial charge in [0.25, 0.3) is 0 Å². The van der Waals surface area contributed by atoms with Crippen LogP contribution in [0.1, 0.15) is 46.0 Å². The zero-order chi connectivity index (χ0) is 15.5. The van der Waals surface area contributed by atoms with Crippen molar-refractivity contribution in [3.8, 4) is 0 Å². The maximum Gasteiger partial charge on any atom is 0.317 e. The number of carboxylic acids is 1. The lowest BCUT2D eigenvalue weighted by molar-refractivity contribution is -0.150. The lowest BCUT2D eigenvalue weighted by atomic mass is 9.80. The van der Waals surface area contributed by atoms with Crippen LogP contribution in [0.25, 0.3) is 0 Å². The van der Waals surface area contributed by atoms with Crippen molar-refractivity contribution >= 4 is 23.8 Å². The van der Waals surface area contributed by atoms with Crippen molar-refractivity contribution in [1.82, 2.24) is 10.2 Å². The van der Waals surface area contributed by atoms with Gasteiger partial charge in [0.05, 0.1) is 5.41 Å². The van der Waals surface area contributed by atoms with Crippen molar-refractivity contribution in [1.29, 1.82) is 0 Å². The Kier molecular flexibility index (Phi) is 5.41. The summed E-state index contributed by atoms with van der Waals surface area (Å²) in [5.41, 5.74) is -0.674. The molecule has 0 aromatic rings. The summed E-state index contributed by atoms with van der Waals surface area (Å²) in [5.74, 6) is 0.378. The molecule has 5 nitrogen and oxygen atoms in total. The van der Waals surface area contributed by atoms with E-state index in [1.165, 1.54) is 6.42 Å². The molecule has 2 rings (SSSR count). The van der Waals surface area contributed by atoms with Crippen molar-refractivity contribution in [3.63, 3.8) is 0 Å². The van der Waals surface area contributed by atoms with E-state index in [4.69, 9.17) is 0 Å². The second-order valence-electron chi connectivity index (χ2n) is 6.39. The summed E-state index contributed by atoms with van der Waals surface area (Å²) in [6, 6.07) is 0.268. The van der Waals surface area contributed by atoms with Crippen LogP contribution in [0, 0.1) is 5.41 Å². The van der Waals surface area contributed by atoms with Gasteiger partial charge in [-0.25, -0.2) is 4.79 Å². The zero-order valence-electron chi connectivity index (χ0n) is 12.9. The second-order valence-corrected chi connectivity index (χ2v) is 7.97. The quantitative estimate of drug-likeness (QED) is 0.837. The number of rotatable bonds is 4. The van der Waals surface area contributed by atoms with Crippen molar-refractivity contribution in [2.24, 2.45) is 5.41 Å². The van der Waals surface area contributed by atoms with E-state index in [2.05, 4.69) is 12.2 Å². The van der Waals surface area contributed by atoms with Gasteiger partial charge < -0.3 is 15.3 Å². The number of carboxylic acid groups (broad SMARTS) is 1. The van der Waals surface area contributed by atoms with Crippen LogP contribution in [0.2, 0.25) is 0 Å². The zero-order valence-corrected chi connectivity index (χ0v) is 13.7. The van der Waals surface area contributed by atoms with Crippen LogP contribution in [-0.4, -0.2) is 52.1 Å². The number of urea groups is 1. The molecule has 1 saturated carbocycles. The van der Waals surface area contributed by atoms with Crippen LogP contribution < -0.4 is 5.32 Å². The molecule has 1 heterocycles. The smallest absolute Gasteiger partial charge is 0.317 e. The average Bonchev–Trinajstić information content (AvgIpc) is 2.87. The maximum absolute atomic E-state index is 12.3. The number of hydrogen-bond acceptors (Lipinski definition) is 3. The third-order valence-electron chi connectivity index (χ3n) is 4.79. The van der Waals surface area contributed by atoms with Gasteiger partial charge in [-0.05, 0) is 44.8 Å². The van der Waals surface area contributed by atoms with Gasteiger partial charge in [0, 0.05) is 24.4 Å². The molecule has 2 aliphatic rings. The highest BCUT2D eigenvalue weighted by Gasteiger charge is 2.38. The number of amides is 2. The minimum atomic E-state index is -0.752. The van der Waals surface area contributed by atoms with E-state index in [1.807, 2.05) is 11.8 Å². The molecule has 2 fully saturated rings. The fourth-order valence-corrected chi connectivity index (χ4v) is 4.28. The summed E-state index contributed by atoms with van der Waals surface area (Å²) in [6.45, 7) is 5.01.